The number of carbonyl (C=O) groups excluding carboxylic acids is 1. The van der Waals surface area contributed by atoms with Crippen LogP contribution in [0.2, 0.25) is 0 Å². The molecule has 2 aliphatic rings. The van der Waals surface area contributed by atoms with Gasteiger partial charge < -0.3 is 24.2 Å². The quantitative estimate of drug-likeness (QED) is 0.538. The third-order valence-electron chi connectivity index (χ3n) is 5.28. The number of fused-ring (bicyclic) bond motifs is 1. The Morgan fingerprint density at radius 2 is 1.78 bits per heavy atom. The van der Waals surface area contributed by atoms with Crippen LogP contribution < -0.4 is 14.2 Å². The summed E-state index contributed by atoms with van der Waals surface area (Å²) in [6, 6.07) is 12.5. The van der Waals surface area contributed by atoms with Gasteiger partial charge in [0.15, 0.2) is 17.3 Å². The fourth-order valence-electron chi connectivity index (χ4n) is 3.76. The average molecular weight is 518 g/mol. The Balaban J connectivity index is 1.40. The van der Waals surface area contributed by atoms with Crippen molar-refractivity contribution in [1.82, 2.24) is 9.91 Å². The second-order valence-electron chi connectivity index (χ2n) is 8.58. The number of alkyl halides is 3. The molecule has 0 saturated heterocycles. The van der Waals surface area contributed by atoms with E-state index in [1.165, 1.54) is 29.3 Å². The van der Waals surface area contributed by atoms with E-state index in [-0.39, 0.29) is 37.5 Å². The molecule has 4 rings (SSSR count). The van der Waals surface area contributed by atoms with Crippen LogP contribution >= 0.6 is 0 Å². The third kappa shape index (κ3) is 6.82. The lowest BCUT2D eigenvalue weighted by Crippen LogP contribution is -2.49. The summed E-state index contributed by atoms with van der Waals surface area (Å²) in [5.74, 6) is 0.794. The van der Waals surface area contributed by atoms with Gasteiger partial charge >= 0.3 is 6.36 Å². The van der Waals surface area contributed by atoms with Gasteiger partial charge in [-0.3, -0.25) is 4.79 Å². The average Bonchev–Trinajstić information content (AvgIpc) is 2.83. The number of amides is 1. The number of hydrogen-bond donors (Lipinski definition) is 1. The molecule has 2 heterocycles. The zero-order valence-electron chi connectivity index (χ0n) is 20.2. The van der Waals surface area contributed by atoms with E-state index < -0.39 is 12.5 Å². The predicted molar refractivity (Wildman–Crippen MR) is 130 cm³/mol. The number of nitrogens with zero attached hydrogens (tertiary/aromatic N) is 3. The molecule has 37 heavy (non-hydrogen) atoms. The Kier molecular flexibility index (Phi) is 7.72. The first-order valence-corrected chi connectivity index (χ1v) is 11.6. The number of hydrazone groups is 1. The minimum atomic E-state index is -4.78. The highest BCUT2D eigenvalue weighted by Crippen LogP contribution is 2.30. The number of para-hydroxylation sites is 2. The molecule has 2 aliphatic heterocycles. The van der Waals surface area contributed by atoms with Crippen molar-refractivity contribution in [2.24, 2.45) is 5.10 Å². The minimum Gasteiger partial charge on any atom is -0.487 e. The summed E-state index contributed by atoms with van der Waals surface area (Å²) in [5, 5.41) is 16.1. The fraction of sp³-hybridized carbons (Fsp3) is 0.308. The SMILES string of the molecule is CC(C)Oc1ccccc1OCC(O)CN1N=C2C=CC=C(c3ccc(OC(F)(F)F)cc3)N2CC1=O. The zero-order chi connectivity index (χ0) is 26.6. The Morgan fingerprint density at radius 1 is 1.08 bits per heavy atom. The molecule has 1 N–H and O–H groups in total. The molecule has 0 saturated carbocycles. The first-order valence-electron chi connectivity index (χ1n) is 11.6. The highest BCUT2D eigenvalue weighted by atomic mass is 19.4. The molecular weight excluding hydrogens is 491 g/mol. The van der Waals surface area contributed by atoms with Crippen LogP contribution in [0.5, 0.6) is 17.2 Å². The summed E-state index contributed by atoms with van der Waals surface area (Å²) >= 11 is 0. The summed E-state index contributed by atoms with van der Waals surface area (Å²) in [6.45, 7) is 3.57. The molecule has 1 atom stereocenters. The van der Waals surface area contributed by atoms with Gasteiger partial charge in [0.1, 0.15) is 25.0 Å². The number of benzene rings is 2. The molecule has 0 spiro atoms. The normalized spacial score (nSPS) is 16.2. The third-order valence-corrected chi connectivity index (χ3v) is 5.28. The number of rotatable bonds is 9. The number of aliphatic hydroxyl groups is 1. The Bertz CT molecular complexity index is 1210. The molecule has 11 heteroatoms. The molecule has 8 nitrogen and oxygen atoms in total. The molecule has 1 unspecified atom stereocenters. The first kappa shape index (κ1) is 26.1. The number of β-amino-alcohol motifs (C(OH)–C–C–N with tert-alkyl or cyclic N) is 1. The minimum absolute atomic E-state index is 0.0481. The van der Waals surface area contributed by atoms with E-state index in [4.69, 9.17) is 9.47 Å². The molecule has 0 aliphatic carbocycles. The van der Waals surface area contributed by atoms with Crippen molar-refractivity contribution < 1.29 is 37.3 Å². The van der Waals surface area contributed by atoms with E-state index in [9.17, 15) is 23.1 Å². The van der Waals surface area contributed by atoms with Crippen molar-refractivity contribution in [2.75, 3.05) is 19.7 Å². The monoisotopic (exact) mass is 517 g/mol. The lowest BCUT2D eigenvalue weighted by Gasteiger charge is -2.35. The van der Waals surface area contributed by atoms with E-state index in [1.807, 2.05) is 19.9 Å². The van der Waals surface area contributed by atoms with Gasteiger partial charge in [-0.2, -0.15) is 5.10 Å². The van der Waals surface area contributed by atoms with Gasteiger partial charge in [0.05, 0.1) is 18.3 Å². The number of aliphatic hydroxyl groups excluding tert-OH is 1. The van der Waals surface area contributed by atoms with Crippen LogP contribution in [0, 0.1) is 0 Å². The largest absolute Gasteiger partial charge is 0.573 e. The molecule has 0 fully saturated rings. The lowest BCUT2D eigenvalue weighted by atomic mass is 10.1. The summed E-state index contributed by atoms with van der Waals surface area (Å²) in [4.78, 5) is 14.5. The van der Waals surface area contributed by atoms with Crippen molar-refractivity contribution in [3.05, 3.63) is 72.3 Å². The van der Waals surface area contributed by atoms with E-state index in [1.54, 1.807) is 41.3 Å². The van der Waals surface area contributed by atoms with Gasteiger partial charge in [0, 0.05) is 0 Å². The molecule has 196 valence electrons. The maximum Gasteiger partial charge on any atom is 0.573 e. The van der Waals surface area contributed by atoms with E-state index in [0.29, 0.717) is 28.6 Å². The Labute approximate surface area is 211 Å². The molecule has 2 aromatic rings. The molecule has 0 radical (unpaired) electrons. The maximum atomic E-state index is 12.8. The number of ether oxygens (including phenoxy) is 3. The smallest absolute Gasteiger partial charge is 0.487 e. The van der Waals surface area contributed by atoms with E-state index in [2.05, 4.69) is 9.84 Å². The standard InChI is InChI=1S/C26H26F3N3O5/c1-17(2)36-23-8-4-3-7-22(23)35-16-19(33)14-32-25(34)15-31-21(6-5-9-24(31)30-32)18-10-12-20(13-11-18)37-26(27,28)29/h3-13,17,19,33H,14-16H2,1-2H3. The Morgan fingerprint density at radius 3 is 2.46 bits per heavy atom. The number of halogens is 3. The summed E-state index contributed by atoms with van der Waals surface area (Å²) in [7, 11) is 0. The van der Waals surface area contributed by atoms with Crippen molar-refractivity contribution in [3.8, 4) is 17.2 Å². The molecule has 2 aromatic carbocycles. The van der Waals surface area contributed by atoms with Crippen LogP contribution in [0.1, 0.15) is 19.4 Å². The summed E-state index contributed by atoms with van der Waals surface area (Å²) in [5.41, 5.74) is 1.18. The van der Waals surface area contributed by atoms with Crippen molar-refractivity contribution in [2.45, 2.75) is 32.4 Å². The van der Waals surface area contributed by atoms with Crippen molar-refractivity contribution >= 4 is 17.4 Å². The topological polar surface area (TPSA) is 83.8 Å². The highest BCUT2D eigenvalue weighted by molar-refractivity contribution is 6.05. The van der Waals surface area contributed by atoms with Crippen LogP contribution in [0.4, 0.5) is 13.2 Å². The number of amidine groups is 1. The maximum absolute atomic E-state index is 12.8. The molecule has 1 amide bonds. The van der Waals surface area contributed by atoms with Crippen molar-refractivity contribution in [1.29, 1.82) is 0 Å². The van der Waals surface area contributed by atoms with Gasteiger partial charge in [0.2, 0.25) is 0 Å². The molecule has 0 aromatic heterocycles. The van der Waals surface area contributed by atoms with Crippen LogP contribution in [0.3, 0.4) is 0 Å². The molecule has 0 bridgehead atoms. The first-order chi connectivity index (χ1) is 17.6. The Hall–Kier alpha value is -3.99. The second-order valence-corrected chi connectivity index (χ2v) is 8.58. The van der Waals surface area contributed by atoms with Crippen LogP contribution in [0.15, 0.2) is 71.9 Å². The van der Waals surface area contributed by atoms with Gasteiger partial charge in [-0.05, 0) is 68.0 Å². The van der Waals surface area contributed by atoms with Gasteiger partial charge in [-0.1, -0.05) is 18.2 Å². The number of hydrogen-bond acceptors (Lipinski definition) is 7. The van der Waals surface area contributed by atoms with E-state index >= 15 is 0 Å². The van der Waals surface area contributed by atoms with Gasteiger partial charge in [0.25, 0.3) is 5.91 Å². The fourth-order valence-corrected chi connectivity index (χ4v) is 3.76. The summed E-state index contributed by atoms with van der Waals surface area (Å²) in [6.07, 6.45) is -0.682. The molecular formula is C26H26F3N3O5. The predicted octanol–water partition coefficient (Wildman–Crippen LogP) is 4.18. The summed E-state index contributed by atoms with van der Waals surface area (Å²) < 4.78 is 52.7. The van der Waals surface area contributed by atoms with Crippen LogP contribution in [0.25, 0.3) is 5.70 Å². The van der Waals surface area contributed by atoms with Crippen LogP contribution in [-0.2, 0) is 4.79 Å². The zero-order valence-corrected chi connectivity index (χ0v) is 20.2. The number of carbonyl (C=O) groups is 1. The van der Waals surface area contributed by atoms with Crippen LogP contribution in [-0.4, -0.2) is 65.0 Å². The lowest BCUT2D eigenvalue weighted by molar-refractivity contribution is -0.274. The van der Waals surface area contributed by atoms with E-state index in [0.717, 1.165) is 0 Å². The second kappa shape index (κ2) is 11.0. The van der Waals surface area contributed by atoms with Crippen molar-refractivity contribution in [3.63, 3.8) is 0 Å². The highest BCUT2D eigenvalue weighted by Gasteiger charge is 2.32. The van der Waals surface area contributed by atoms with Gasteiger partial charge in [-0.15, -0.1) is 13.2 Å². The van der Waals surface area contributed by atoms with Gasteiger partial charge in [-0.25, -0.2) is 5.01 Å². The number of allylic oxidation sites excluding steroid dienone is 2.